The summed E-state index contributed by atoms with van der Waals surface area (Å²) < 4.78 is 0. The largest absolute Gasteiger partial charge is 0.350 e. The van der Waals surface area contributed by atoms with Gasteiger partial charge in [0.25, 0.3) is 17.7 Å². The molecule has 0 aliphatic carbocycles. The van der Waals surface area contributed by atoms with Gasteiger partial charge in [0.05, 0.1) is 21.7 Å². The van der Waals surface area contributed by atoms with Crippen LogP contribution in [0.2, 0.25) is 5.02 Å². The maximum Gasteiger partial charge on any atom is 0.261 e. The van der Waals surface area contributed by atoms with Crippen LogP contribution in [0, 0.1) is 0 Å². The molecule has 3 amide bonds. The van der Waals surface area contributed by atoms with Crippen LogP contribution in [0.25, 0.3) is 0 Å². The number of nitrogens with one attached hydrogen (secondary N) is 1. The summed E-state index contributed by atoms with van der Waals surface area (Å²) in [6, 6.07) is 13.4. The number of carbonyl (C=O) groups excluding carboxylic acids is 3. The molecule has 23 heavy (non-hydrogen) atoms. The standard InChI is InChI=1S/C17H13ClN2O3/c18-14-8-4-3-7-13(14)15(21)19-9-10-20-16(22)11-5-1-2-6-12(11)17(20)23/h1-8H,9-10H2,(H,19,21). The molecule has 0 fully saturated rings. The van der Waals surface area contributed by atoms with Gasteiger partial charge in [0.1, 0.15) is 0 Å². The second-order valence-corrected chi connectivity index (χ2v) is 5.45. The Balaban J connectivity index is 1.62. The minimum absolute atomic E-state index is 0.114. The third kappa shape index (κ3) is 2.83. The summed E-state index contributed by atoms with van der Waals surface area (Å²) in [6.07, 6.45) is 0. The Morgan fingerprint density at radius 2 is 1.52 bits per heavy atom. The average Bonchev–Trinajstić information content (AvgIpc) is 2.80. The van der Waals surface area contributed by atoms with Gasteiger partial charge in [0.2, 0.25) is 0 Å². The molecular formula is C17H13ClN2O3. The van der Waals surface area contributed by atoms with E-state index in [9.17, 15) is 14.4 Å². The van der Waals surface area contributed by atoms with Crippen LogP contribution < -0.4 is 5.32 Å². The van der Waals surface area contributed by atoms with Gasteiger partial charge in [-0.25, -0.2) is 0 Å². The molecule has 0 saturated heterocycles. The van der Waals surface area contributed by atoms with Crippen molar-refractivity contribution in [3.63, 3.8) is 0 Å². The summed E-state index contributed by atoms with van der Waals surface area (Å²) in [5.41, 5.74) is 1.15. The van der Waals surface area contributed by atoms with Gasteiger partial charge in [-0.05, 0) is 24.3 Å². The number of halogens is 1. The molecule has 6 heteroatoms. The second-order valence-electron chi connectivity index (χ2n) is 5.04. The third-order valence-corrected chi connectivity index (χ3v) is 3.95. The van der Waals surface area contributed by atoms with Crippen molar-refractivity contribution < 1.29 is 14.4 Å². The fourth-order valence-electron chi connectivity index (χ4n) is 2.46. The molecule has 5 nitrogen and oxygen atoms in total. The lowest BCUT2D eigenvalue weighted by Crippen LogP contribution is -2.38. The Kier molecular flexibility index (Phi) is 4.12. The molecule has 0 unspecified atom stereocenters. The van der Waals surface area contributed by atoms with E-state index < -0.39 is 0 Å². The predicted octanol–water partition coefficient (Wildman–Crippen LogP) is 2.37. The van der Waals surface area contributed by atoms with Crippen molar-refractivity contribution in [2.24, 2.45) is 0 Å². The van der Waals surface area contributed by atoms with E-state index >= 15 is 0 Å². The van der Waals surface area contributed by atoms with Crippen LogP contribution in [0.3, 0.4) is 0 Å². The highest BCUT2D eigenvalue weighted by Gasteiger charge is 2.34. The highest BCUT2D eigenvalue weighted by atomic mass is 35.5. The van der Waals surface area contributed by atoms with Crippen LogP contribution in [0.1, 0.15) is 31.1 Å². The summed E-state index contributed by atoms with van der Waals surface area (Å²) in [4.78, 5) is 37.5. The quantitative estimate of drug-likeness (QED) is 0.876. The van der Waals surface area contributed by atoms with Crippen LogP contribution in [0.4, 0.5) is 0 Å². The topological polar surface area (TPSA) is 66.5 Å². The first-order valence-electron chi connectivity index (χ1n) is 7.07. The third-order valence-electron chi connectivity index (χ3n) is 3.62. The van der Waals surface area contributed by atoms with Crippen molar-refractivity contribution >= 4 is 29.3 Å². The Morgan fingerprint density at radius 3 is 2.13 bits per heavy atom. The molecule has 0 saturated carbocycles. The highest BCUT2D eigenvalue weighted by Crippen LogP contribution is 2.21. The maximum atomic E-state index is 12.2. The van der Waals surface area contributed by atoms with Gasteiger partial charge >= 0.3 is 0 Å². The van der Waals surface area contributed by atoms with Gasteiger partial charge in [0.15, 0.2) is 0 Å². The monoisotopic (exact) mass is 328 g/mol. The van der Waals surface area contributed by atoms with Crippen molar-refractivity contribution in [1.29, 1.82) is 0 Å². The fourth-order valence-corrected chi connectivity index (χ4v) is 2.69. The lowest BCUT2D eigenvalue weighted by atomic mass is 10.1. The van der Waals surface area contributed by atoms with Gasteiger partial charge in [0, 0.05) is 13.1 Å². The molecule has 0 atom stereocenters. The zero-order chi connectivity index (χ0) is 16.4. The molecule has 2 aromatic carbocycles. The molecule has 1 N–H and O–H groups in total. The number of hydrogen-bond acceptors (Lipinski definition) is 3. The number of carbonyl (C=O) groups is 3. The molecule has 0 bridgehead atoms. The zero-order valence-corrected chi connectivity index (χ0v) is 12.8. The van der Waals surface area contributed by atoms with Crippen molar-refractivity contribution in [1.82, 2.24) is 10.2 Å². The van der Waals surface area contributed by atoms with Crippen LogP contribution in [0.15, 0.2) is 48.5 Å². The molecule has 1 heterocycles. The lowest BCUT2D eigenvalue weighted by Gasteiger charge is -2.14. The molecule has 3 rings (SSSR count). The molecular weight excluding hydrogens is 316 g/mol. The van der Waals surface area contributed by atoms with Gasteiger partial charge < -0.3 is 5.32 Å². The number of benzene rings is 2. The van der Waals surface area contributed by atoms with Crippen LogP contribution in [0.5, 0.6) is 0 Å². The van der Waals surface area contributed by atoms with E-state index in [2.05, 4.69) is 5.32 Å². The van der Waals surface area contributed by atoms with Crippen LogP contribution in [-0.2, 0) is 0 Å². The first-order valence-corrected chi connectivity index (χ1v) is 7.45. The second kappa shape index (κ2) is 6.22. The van der Waals surface area contributed by atoms with E-state index in [1.807, 2.05) is 0 Å². The molecule has 1 aliphatic heterocycles. The van der Waals surface area contributed by atoms with Gasteiger partial charge in [-0.3, -0.25) is 19.3 Å². The average molecular weight is 329 g/mol. The predicted molar refractivity (Wildman–Crippen MR) is 85.6 cm³/mol. The Labute approximate surface area is 137 Å². The highest BCUT2D eigenvalue weighted by molar-refractivity contribution is 6.33. The minimum Gasteiger partial charge on any atom is -0.350 e. The van der Waals surface area contributed by atoms with Crippen molar-refractivity contribution in [2.75, 3.05) is 13.1 Å². The van der Waals surface area contributed by atoms with E-state index in [0.717, 1.165) is 4.90 Å². The summed E-state index contributed by atoms with van der Waals surface area (Å²) >= 11 is 5.95. The van der Waals surface area contributed by atoms with E-state index in [0.29, 0.717) is 21.7 Å². The normalized spacial score (nSPS) is 13.2. The molecule has 116 valence electrons. The Bertz CT molecular complexity index is 769. The van der Waals surface area contributed by atoms with Gasteiger partial charge in [-0.2, -0.15) is 0 Å². The van der Waals surface area contributed by atoms with Gasteiger partial charge in [-0.15, -0.1) is 0 Å². The van der Waals surface area contributed by atoms with E-state index in [4.69, 9.17) is 11.6 Å². The zero-order valence-electron chi connectivity index (χ0n) is 12.1. The number of nitrogens with zero attached hydrogens (tertiary/aromatic N) is 1. The smallest absolute Gasteiger partial charge is 0.261 e. The number of amides is 3. The molecule has 1 aliphatic rings. The first-order chi connectivity index (χ1) is 11.1. The molecule has 0 aromatic heterocycles. The van der Waals surface area contributed by atoms with E-state index in [1.165, 1.54) is 0 Å². The molecule has 0 spiro atoms. The summed E-state index contributed by atoms with van der Waals surface area (Å²) in [6.45, 7) is 0.276. The molecule has 0 radical (unpaired) electrons. The van der Waals surface area contributed by atoms with Crippen LogP contribution >= 0.6 is 11.6 Å². The summed E-state index contributed by atoms with van der Waals surface area (Å²) in [5, 5.41) is 3.02. The SMILES string of the molecule is O=C(NCCN1C(=O)c2ccccc2C1=O)c1ccccc1Cl. The summed E-state index contributed by atoms with van der Waals surface area (Å²) in [5.74, 6) is -1.01. The van der Waals surface area contributed by atoms with Crippen LogP contribution in [-0.4, -0.2) is 35.7 Å². The Hall–Kier alpha value is -2.66. The number of hydrogen-bond donors (Lipinski definition) is 1. The summed E-state index contributed by atoms with van der Waals surface area (Å²) in [7, 11) is 0. The minimum atomic E-state index is -0.341. The van der Waals surface area contributed by atoms with E-state index in [1.54, 1.807) is 48.5 Å². The van der Waals surface area contributed by atoms with Gasteiger partial charge in [-0.1, -0.05) is 35.9 Å². The molecule has 2 aromatic rings. The van der Waals surface area contributed by atoms with Crippen molar-refractivity contribution in [2.45, 2.75) is 0 Å². The van der Waals surface area contributed by atoms with Crippen molar-refractivity contribution in [3.8, 4) is 0 Å². The van der Waals surface area contributed by atoms with E-state index in [-0.39, 0.29) is 30.8 Å². The first kappa shape index (κ1) is 15.2. The lowest BCUT2D eigenvalue weighted by molar-refractivity contribution is 0.0650. The number of fused-ring (bicyclic) bond motifs is 1. The van der Waals surface area contributed by atoms with Crippen molar-refractivity contribution in [3.05, 3.63) is 70.2 Å². The Morgan fingerprint density at radius 1 is 0.957 bits per heavy atom. The fraction of sp³-hybridized carbons (Fsp3) is 0.118. The number of rotatable bonds is 4. The maximum absolute atomic E-state index is 12.2. The number of imide groups is 1.